The van der Waals surface area contributed by atoms with Gasteiger partial charge in [0, 0.05) is 24.3 Å². The lowest BCUT2D eigenvalue weighted by Gasteiger charge is -2.26. The maximum absolute atomic E-state index is 14.6. The van der Waals surface area contributed by atoms with E-state index in [0.717, 1.165) is 44.5 Å². The van der Waals surface area contributed by atoms with Gasteiger partial charge in [-0.3, -0.25) is 4.79 Å². The summed E-state index contributed by atoms with van der Waals surface area (Å²) in [6, 6.07) is 10.6. The fourth-order valence-corrected chi connectivity index (χ4v) is 5.25. The van der Waals surface area contributed by atoms with Gasteiger partial charge in [-0.05, 0) is 75.2 Å². The van der Waals surface area contributed by atoms with E-state index in [-0.39, 0.29) is 17.6 Å². The minimum atomic E-state index is -0.471. The molecule has 3 aromatic heterocycles. The van der Waals surface area contributed by atoms with Gasteiger partial charge >= 0.3 is 0 Å². The Hall–Kier alpha value is -4.12. The maximum atomic E-state index is 14.6. The molecule has 1 amide bonds. The summed E-state index contributed by atoms with van der Waals surface area (Å²) in [4.78, 5) is 24.3. The minimum Gasteiger partial charge on any atom is -0.367 e. The van der Waals surface area contributed by atoms with E-state index in [1.54, 1.807) is 28.9 Å². The summed E-state index contributed by atoms with van der Waals surface area (Å²) >= 11 is 0. The van der Waals surface area contributed by atoms with Crippen molar-refractivity contribution in [3.05, 3.63) is 77.8 Å². The number of aromatic nitrogens is 4. The highest BCUT2D eigenvalue weighted by Crippen LogP contribution is 2.37. The van der Waals surface area contributed by atoms with Crippen molar-refractivity contribution in [3.8, 4) is 0 Å². The smallest absolute Gasteiger partial charge is 0.274 e. The molecule has 0 unspecified atom stereocenters. The second kappa shape index (κ2) is 10.3. The first-order chi connectivity index (χ1) is 18.5. The van der Waals surface area contributed by atoms with Crippen LogP contribution in [0.3, 0.4) is 0 Å². The van der Waals surface area contributed by atoms with E-state index in [2.05, 4.69) is 26.0 Å². The van der Waals surface area contributed by atoms with E-state index in [4.69, 9.17) is 4.98 Å². The van der Waals surface area contributed by atoms with E-state index in [0.29, 0.717) is 47.5 Å². The molecule has 0 saturated carbocycles. The number of pyridine rings is 1. The summed E-state index contributed by atoms with van der Waals surface area (Å²) < 4.78 is 30.0. The molecule has 2 aliphatic rings. The zero-order valence-corrected chi connectivity index (χ0v) is 20.7. The molecule has 9 nitrogen and oxygen atoms in total. The monoisotopic (exact) mass is 518 g/mol. The number of benzene rings is 1. The second-order valence-electron chi connectivity index (χ2n) is 9.66. The summed E-state index contributed by atoms with van der Waals surface area (Å²) in [6.45, 7) is 2.56. The Morgan fingerprint density at radius 3 is 2.79 bits per heavy atom. The van der Waals surface area contributed by atoms with Crippen LogP contribution in [0, 0.1) is 11.6 Å². The summed E-state index contributed by atoms with van der Waals surface area (Å²) in [5.41, 5.74) is 1.48. The molecule has 0 radical (unpaired) electrons. The number of piperidine rings is 1. The largest absolute Gasteiger partial charge is 0.367 e. The van der Waals surface area contributed by atoms with Crippen molar-refractivity contribution in [2.45, 2.75) is 37.8 Å². The van der Waals surface area contributed by atoms with Crippen LogP contribution in [0.25, 0.3) is 5.65 Å². The molecule has 11 heteroatoms. The number of fused-ring (bicyclic) bond motifs is 1. The summed E-state index contributed by atoms with van der Waals surface area (Å²) in [5.74, 6) is -0.0190. The number of nitrogens with one attached hydrogen (secondary N) is 3. The van der Waals surface area contributed by atoms with Gasteiger partial charge in [-0.1, -0.05) is 6.07 Å². The topological polar surface area (TPSA) is 99.5 Å². The van der Waals surface area contributed by atoms with E-state index >= 15 is 0 Å². The lowest BCUT2D eigenvalue weighted by atomic mass is 10.0. The second-order valence-corrected chi connectivity index (χ2v) is 9.66. The molecule has 0 bridgehead atoms. The molecule has 2 aliphatic heterocycles. The van der Waals surface area contributed by atoms with Crippen molar-refractivity contribution >= 4 is 28.9 Å². The average molecular weight is 519 g/mol. The Balaban J connectivity index is 1.23. The van der Waals surface area contributed by atoms with E-state index < -0.39 is 11.6 Å². The first-order valence-electron chi connectivity index (χ1n) is 12.9. The van der Waals surface area contributed by atoms with Crippen LogP contribution in [-0.2, 0) is 0 Å². The van der Waals surface area contributed by atoms with Gasteiger partial charge in [-0.25, -0.2) is 23.3 Å². The zero-order valence-electron chi connectivity index (χ0n) is 20.7. The number of nitrogens with zero attached hydrogens (tertiary/aromatic N) is 5. The number of carbonyl (C=O) groups excluding carboxylic acids is 1. The number of amides is 1. The Morgan fingerprint density at radius 2 is 1.92 bits per heavy atom. The third-order valence-corrected chi connectivity index (χ3v) is 7.14. The Bertz CT molecular complexity index is 1470. The van der Waals surface area contributed by atoms with E-state index in [1.807, 2.05) is 11.0 Å². The molecule has 5 heterocycles. The standard InChI is InChI=1S/C27H28F2N8O/c28-17-6-7-20(29)19(15-17)23-4-2-13-36(23)25-10-14-37-26(35-25)22(16-31-37)34-27(38)21-3-1-5-24(33-21)32-18-8-11-30-12-9-18/h1,3,5-7,10,14-16,18,23,30H,2,4,8-9,11-13H2,(H,32,33)(H,34,38)/t23-/m1/s1. The third kappa shape index (κ3) is 4.89. The Morgan fingerprint density at radius 1 is 1.05 bits per heavy atom. The minimum absolute atomic E-state index is 0.278. The predicted octanol–water partition coefficient (Wildman–Crippen LogP) is 4.16. The average Bonchev–Trinajstić information content (AvgIpc) is 3.58. The normalized spacial score (nSPS) is 18.2. The lowest BCUT2D eigenvalue weighted by molar-refractivity contribution is 0.102. The number of rotatable bonds is 6. The van der Waals surface area contributed by atoms with Gasteiger partial charge < -0.3 is 20.9 Å². The van der Waals surface area contributed by atoms with Gasteiger partial charge in [0.25, 0.3) is 5.91 Å². The highest BCUT2D eigenvalue weighted by molar-refractivity contribution is 6.04. The van der Waals surface area contributed by atoms with E-state index in [1.165, 1.54) is 12.3 Å². The molecule has 1 aromatic carbocycles. The quantitative estimate of drug-likeness (QED) is 0.353. The first kappa shape index (κ1) is 24.2. The molecule has 3 N–H and O–H groups in total. The highest BCUT2D eigenvalue weighted by Gasteiger charge is 2.30. The highest BCUT2D eigenvalue weighted by atomic mass is 19.1. The summed E-state index contributed by atoms with van der Waals surface area (Å²) in [5, 5.41) is 13.9. The number of hydrogen-bond acceptors (Lipinski definition) is 7. The number of hydrogen-bond donors (Lipinski definition) is 3. The summed E-state index contributed by atoms with van der Waals surface area (Å²) in [7, 11) is 0. The van der Waals surface area contributed by atoms with Gasteiger partial charge in [0.1, 0.15) is 34.7 Å². The first-order valence-corrected chi connectivity index (χ1v) is 12.9. The van der Waals surface area contributed by atoms with Crippen molar-refractivity contribution in [2.75, 3.05) is 35.2 Å². The molecule has 2 fully saturated rings. The van der Waals surface area contributed by atoms with Gasteiger partial charge in [-0.15, -0.1) is 0 Å². The molecular formula is C27H28F2N8O. The molecule has 2 saturated heterocycles. The van der Waals surface area contributed by atoms with Crippen molar-refractivity contribution in [1.82, 2.24) is 24.9 Å². The van der Waals surface area contributed by atoms with Crippen molar-refractivity contribution < 1.29 is 13.6 Å². The number of anilines is 3. The molecule has 196 valence electrons. The third-order valence-electron chi connectivity index (χ3n) is 7.14. The van der Waals surface area contributed by atoms with Crippen LogP contribution in [0.4, 0.5) is 26.1 Å². The lowest BCUT2D eigenvalue weighted by Crippen LogP contribution is -2.35. The van der Waals surface area contributed by atoms with Crippen molar-refractivity contribution in [3.63, 3.8) is 0 Å². The van der Waals surface area contributed by atoms with Crippen LogP contribution in [0.2, 0.25) is 0 Å². The molecule has 38 heavy (non-hydrogen) atoms. The zero-order chi connectivity index (χ0) is 26.1. The van der Waals surface area contributed by atoms with Crippen LogP contribution in [0.15, 0.2) is 54.9 Å². The molecule has 0 aliphatic carbocycles. The van der Waals surface area contributed by atoms with Crippen LogP contribution >= 0.6 is 0 Å². The van der Waals surface area contributed by atoms with Crippen LogP contribution < -0.4 is 20.9 Å². The molecule has 6 rings (SSSR count). The fourth-order valence-electron chi connectivity index (χ4n) is 5.25. The van der Waals surface area contributed by atoms with Gasteiger partial charge in [0.05, 0.1) is 12.2 Å². The SMILES string of the molecule is O=C(Nc1cnn2ccc(N3CCC[C@@H]3c3cc(F)ccc3F)nc12)c1cccc(NC2CCNCC2)n1. The Labute approximate surface area is 218 Å². The number of halogens is 2. The van der Waals surface area contributed by atoms with Crippen LogP contribution in [0.5, 0.6) is 0 Å². The molecule has 1 atom stereocenters. The molecule has 0 spiro atoms. The van der Waals surface area contributed by atoms with Crippen molar-refractivity contribution in [2.24, 2.45) is 0 Å². The predicted molar refractivity (Wildman–Crippen MR) is 140 cm³/mol. The molecular weight excluding hydrogens is 490 g/mol. The van der Waals surface area contributed by atoms with E-state index in [9.17, 15) is 13.6 Å². The molecule has 4 aromatic rings. The van der Waals surface area contributed by atoms with Crippen LogP contribution in [0.1, 0.15) is 47.8 Å². The van der Waals surface area contributed by atoms with Gasteiger partial charge in [-0.2, -0.15) is 5.10 Å². The Kier molecular flexibility index (Phi) is 6.59. The summed E-state index contributed by atoms with van der Waals surface area (Å²) in [6.07, 6.45) is 6.78. The van der Waals surface area contributed by atoms with Crippen molar-refractivity contribution in [1.29, 1.82) is 0 Å². The van der Waals surface area contributed by atoms with Gasteiger partial charge in [0.2, 0.25) is 0 Å². The number of carbonyl (C=O) groups is 1. The van der Waals surface area contributed by atoms with Gasteiger partial charge in [0.15, 0.2) is 5.65 Å². The fraction of sp³-hybridized carbons (Fsp3) is 0.333. The maximum Gasteiger partial charge on any atom is 0.274 e. The van der Waals surface area contributed by atoms with Crippen LogP contribution in [-0.4, -0.2) is 51.2 Å².